The molecule has 82 valence electrons. The van der Waals surface area contributed by atoms with E-state index in [2.05, 4.69) is 13.8 Å². The number of hydrogen-bond acceptors (Lipinski definition) is 2. The molecule has 0 bridgehead atoms. The summed E-state index contributed by atoms with van der Waals surface area (Å²) >= 11 is 0. The molecule has 14 heavy (non-hydrogen) atoms. The summed E-state index contributed by atoms with van der Waals surface area (Å²) in [5.41, 5.74) is 0. The lowest BCUT2D eigenvalue weighted by molar-refractivity contribution is 0.0173. The third-order valence-electron chi connectivity index (χ3n) is 2.77. The van der Waals surface area contributed by atoms with Gasteiger partial charge >= 0.3 is 6.09 Å². The number of piperidine rings is 1. The lowest BCUT2D eigenvalue weighted by Crippen LogP contribution is -2.46. The summed E-state index contributed by atoms with van der Waals surface area (Å²) < 4.78 is 0. The molecular formula is C10H19NO3. The second kappa shape index (κ2) is 4.64. The van der Waals surface area contributed by atoms with Crippen LogP contribution in [0.4, 0.5) is 4.79 Å². The van der Waals surface area contributed by atoms with E-state index in [0.717, 1.165) is 12.8 Å². The van der Waals surface area contributed by atoms with Crippen molar-refractivity contribution in [3.05, 3.63) is 0 Å². The highest BCUT2D eigenvalue weighted by Crippen LogP contribution is 2.24. The Hall–Kier alpha value is -0.770. The second-order valence-electron chi connectivity index (χ2n) is 4.47. The summed E-state index contributed by atoms with van der Waals surface area (Å²) in [6.07, 6.45) is 0.356. The second-order valence-corrected chi connectivity index (χ2v) is 4.47. The van der Waals surface area contributed by atoms with E-state index < -0.39 is 12.2 Å². The molecule has 0 aromatic heterocycles. The number of β-amino-alcohol motifs (C(OH)–C–C–N with tert-alkyl or cyclic N) is 1. The number of aliphatic hydroxyl groups excluding tert-OH is 1. The molecule has 2 atom stereocenters. The number of likely N-dealkylation sites (tertiary alicyclic amines) is 1. The van der Waals surface area contributed by atoms with Crippen LogP contribution in [-0.4, -0.2) is 40.4 Å². The third-order valence-corrected chi connectivity index (χ3v) is 2.77. The lowest BCUT2D eigenvalue weighted by Gasteiger charge is -2.35. The topological polar surface area (TPSA) is 60.8 Å². The van der Waals surface area contributed by atoms with Crippen LogP contribution >= 0.6 is 0 Å². The summed E-state index contributed by atoms with van der Waals surface area (Å²) in [5.74, 6) is 0.830. The smallest absolute Gasteiger partial charge is 0.407 e. The predicted octanol–water partition coefficient (Wildman–Crippen LogP) is 1.39. The molecule has 1 aliphatic rings. The van der Waals surface area contributed by atoms with Gasteiger partial charge in [-0.25, -0.2) is 4.79 Å². The van der Waals surface area contributed by atoms with Gasteiger partial charge in [-0.15, -0.1) is 0 Å². The van der Waals surface area contributed by atoms with Crippen molar-refractivity contribution in [1.82, 2.24) is 4.90 Å². The zero-order valence-corrected chi connectivity index (χ0v) is 8.81. The maximum absolute atomic E-state index is 10.6. The summed E-state index contributed by atoms with van der Waals surface area (Å²) in [7, 11) is 0. The predicted molar refractivity (Wildman–Crippen MR) is 53.2 cm³/mol. The average molecular weight is 201 g/mol. The Balaban J connectivity index is 2.43. The van der Waals surface area contributed by atoms with Gasteiger partial charge < -0.3 is 15.1 Å². The summed E-state index contributed by atoms with van der Waals surface area (Å²) in [5, 5.41) is 18.5. The molecule has 4 nitrogen and oxygen atoms in total. The van der Waals surface area contributed by atoms with Crippen LogP contribution in [0.2, 0.25) is 0 Å². The molecule has 0 aromatic rings. The van der Waals surface area contributed by atoms with Gasteiger partial charge in [-0.05, 0) is 24.7 Å². The highest BCUT2D eigenvalue weighted by Gasteiger charge is 2.29. The van der Waals surface area contributed by atoms with Crippen LogP contribution in [-0.2, 0) is 0 Å². The fourth-order valence-corrected chi connectivity index (χ4v) is 2.03. The van der Waals surface area contributed by atoms with Gasteiger partial charge in [-0.3, -0.25) is 0 Å². The van der Waals surface area contributed by atoms with Crippen molar-refractivity contribution < 1.29 is 15.0 Å². The van der Waals surface area contributed by atoms with Crippen molar-refractivity contribution in [2.75, 3.05) is 13.1 Å². The average Bonchev–Trinajstić information content (AvgIpc) is 2.07. The fourth-order valence-electron chi connectivity index (χ4n) is 2.03. The standard InChI is InChI=1S/C10H19NO3/c1-7(2)5-8-3-4-11(10(13)14)6-9(8)12/h7-9,12H,3-6H2,1-2H3,(H,13,14). The summed E-state index contributed by atoms with van der Waals surface area (Å²) in [4.78, 5) is 11.9. The fraction of sp³-hybridized carbons (Fsp3) is 0.900. The molecule has 0 spiro atoms. The number of amides is 1. The summed E-state index contributed by atoms with van der Waals surface area (Å²) in [6.45, 7) is 5.07. The maximum Gasteiger partial charge on any atom is 0.407 e. The van der Waals surface area contributed by atoms with E-state index in [4.69, 9.17) is 5.11 Å². The van der Waals surface area contributed by atoms with Crippen LogP contribution in [0, 0.1) is 11.8 Å². The lowest BCUT2D eigenvalue weighted by atomic mass is 9.86. The van der Waals surface area contributed by atoms with Gasteiger partial charge in [-0.2, -0.15) is 0 Å². The van der Waals surface area contributed by atoms with Gasteiger partial charge in [0.05, 0.1) is 12.6 Å². The third kappa shape index (κ3) is 2.87. The Morgan fingerprint density at radius 1 is 1.57 bits per heavy atom. The van der Waals surface area contributed by atoms with E-state index in [1.807, 2.05) is 0 Å². The first-order chi connectivity index (χ1) is 6.50. The molecule has 1 heterocycles. The van der Waals surface area contributed by atoms with Crippen molar-refractivity contribution in [3.8, 4) is 0 Å². The van der Waals surface area contributed by atoms with E-state index >= 15 is 0 Å². The number of hydrogen-bond donors (Lipinski definition) is 2. The van der Waals surface area contributed by atoms with E-state index in [1.54, 1.807) is 0 Å². The normalized spacial score (nSPS) is 28.1. The molecule has 0 saturated carbocycles. The highest BCUT2D eigenvalue weighted by molar-refractivity contribution is 5.65. The number of rotatable bonds is 2. The number of aliphatic hydroxyl groups is 1. The Morgan fingerprint density at radius 2 is 2.21 bits per heavy atom. The molecule has 2 N–H and O–H groups in total. The van der Waals surface area contributed by atoms with E-state index in [1.165, 1.54) is 4.90 Å². The molecule has 2 unspecified atom stereocenters. The minimum Gasteiger partial charge on any atom is -0.465 e. The van der Waals surface area contributed by atoms with Crippen molar-refractivity contribution in [3.63, 3.8) is 0 Å². The van der Waals surface area contributed by atoms with Crippen LogP contribution in [0.15, 0.2) is 0 Å². The van der Waals surface area contributed by atoms with E-state index in [0.29, 0.717) is 12.5 Å². The molecular weight excluding hydrogens is 182 g/mol. The largest absolute Gasteiger partial charge is 0.465 e. The van der Waals surface area contributed by atoms with Gasteiger partial charge in [0.2, 0.25) is 0 Å². The minimum atomic E-state index is -0.924. The van der Waals surface area contributed by atoms with Crippen molar-refractivity contribution in [2.24, 2.45) is 11.8 Å². The van der Waals surface area contributed by atoms with Crippen molar-refractivity contribution in [1.29, 1.82) is 0 Å². The molecule has 1 amide bonds. The molecule has 4 heteroatoms. The molecule has 1 saturated heterocycles. The zero-order chi connectivity index (χ0) is 10.7. The first-order valence-corrected chi connectivity index (χ1v) is 5.16. The first kappa shape index (κ1) is 11.3. The van der Waals surface area contributed by atoms with Crippen molar-refractivity contribution >= 4 is 6.09 Å². The van der Waals surface area contributed by atoms with Gasteiger partial charge in [0.15, 0.2) is 0 Å². The van der Waals surface area contributed by atoms with Gasteiger partial charge in [-0.1, -0.05) is 13.8 Å². The number of nitrogens with zero attached hydrogens (tertiary/aromatic N) is 1. The van der Waals surface area contributed by atoms with Crippen molar-refractivity contribution in [2.45, 2.75) is 32.8 Å². The monoisotopic (exact) mass is 201 g/mol. The molecule has 0 radical (unpaired) electrons. The minimum absolute atomic E-state index is 0.269. The zero-order valence-electron chi connectivity index (χ0n) is 8.81. The molecule has 1 fully saturated rings. The summed E-state index contributed by atoms with van der Waals surface area (Å²) in [6, 6.07) is 0. The highest BCUT2D eigenvalue weighted by atomic mass is 16.4. The Labute approximate surface area is 84.5 Å². The molecule has 0 aromatic carbocycles. The number of carbonyl (C=O) groups is 1. The van der Waals surface area contributed by atoms with Crippen LogP contribution in [0.5, 0.6) is 0 Å². The van der Waals surface area contributed by atoms with Crippen LogP contribution in [0.1, 0.15) is 26.7 Å². The Bertz CT molecular complexity index is 206. The van der Waals surface area contributed by atoms with Crippen LogP contribution in [0.3, 0.4) is 0 Å². The Kier molecular flexibility index (Phi) is 3.75. The van der Waals surface area contributed by atoms with Gasteiger partial charge in [0.25, 0.3) is 0 Å². The molecule has 0 aliphatic carbocycles. The molecule has 1 rings (SSSR count). The van der Waals surface area contributed by atoms with Gasteiger partial charge in [0, 0.05) is 6.54 Å². The maximum atomic E-state index is 10.6. The SMILES string of the molecule is CC(C)CC1CCN(C(=O)O)CC1O. The van der Waals surface area contributed by atoms with E-state index in [-0.39, 0.29) is 12.5 Å². The molecule has 1 aliphatic heterocycles. The van der Waals surface area contributed by atoms with E-state index in [9.17, 15) is 9.90 Å². The Morgan fingerprint density at radius 3 is 2.64 bits per heavy atom. The first-order valence-electron chi connectivity index (χ1n) is 5.16. The van der Waals surface area contributed by atoms with Crippen LogP contribution < -0.4 is 0 Å². The van der Waals surface area contributed by atoms with Gasteiger partial charge in [0.1, 0.15) is 0 Å². The number of carboxylic acid groups (broad SMARTS) is 1. The van der Waals surface area contributed by atoms with Crippen LogP contribution in [0.25, 0.3) is 0 Å². The quantitative estimate of drug-likeness (QED) is 0.709.